The van der Waals surface area contributed by atoms with Gasteiger partial charge < -0.3 is 15.2 Å². The van der Waals surface area contributed by atoms with Crippen LogP contribution in [0, 0.1) is 17.8 Å². The number of hydrogen-bond donors (Lipinski definition) is 2. The maximum atomic E-state index is 9.57. The molecular formula is C20H26BN5O. The van der Waals surface area contributed by atoms with Crippen LogP contribution in [0.2, 0.25) is 0 Å². The summed E-state index contributed by atoms with van der Waals surface area (Å²) in [6.07, 6.45) is 11.2. The Bertz CT molecular complexity index is 801. The quantitative estimate of drug-likeness (QED) is 0.445. The van der Waals surface area contributed by atoms with Crippen molar-refractivity contribution in [3.8, 4) is 0 Å². The van der Waals surface area contributed by atoms with E-state index in [1.807, 2.05) is 12.3 Å². The van der Waals surface area contributed by atoms with E-state index in [0.717, 1.165) is 55.4 Å². The Morgan fingerprint density at radius 1 is 1.41 bits per heavy atom. The van der Waals surface area contributed by atoms with Crippen LogP contribution >= 0.6 is 0 Å². The summed E-state index contributed by atoms with van der Waals surface area (Å²) in [6.45, 7) is 7.71. The lowest BCUT2D eigenvalue weighted by Crippen LogP contribution is -2.46. The van der Waals surface area contributed by atoms with Crippen molar-refractivity contribution in [1.82, 2.24) is 10.2 Å². The molecule has 2 unspecified atom stereocenters. The van der Waals surface area contributed by atoms with Gasteiger partial charge in [-0.25, -0.2) is 4.99 Å². The van der Waals surface area contributed by atoms with Crippen LogP contribution in [0.25, 0.3) is 0 Å². The van der Waals surface area contributed by atoms with E-state index in [1.165, 1.54) is 5.57 Å². The SMILES string of the molecule is C=C/C(=N\C(=N/C)N1CCNCC1)C1C=NC2=CC3C=C(BO)C=C(C1)[C@H]23. The highest BCUT2D eigenvalue weighted by atomic mass is 16.2. The molecule has 27 heavy (non-hydrogen) atoms. The summed E-state index contributed by atoms with van der Waals surface area (Å²) in [5, 5.41) is 12.9. The second-order valence-corrected chi connectivity index (χ2v) is 7.36. The van der Waals surface area contributed by atoms with Crippen LogP contribution in [0.3, 0.4) is 0 Å². The van der Waals surface area contributed by atoms with Gasteiger partial charge in [0, 0.05) is 62.9 Å². The van der Waals surface area contributed by atoms with Crippen LogP contribution in [0.5, 0.6) is 0 Å². The number of rotatable bonds is 3. The van der Waals surface area contributed by atoms with Crippen molar-refractivity contribution < 1.29 is 5.02 Å². The number of nitrogens with one attached hydrogen (secondary N) is 1. The van der Waals surface area contributed by atoms with E-state index in [1.54, 1.807) is 7.05 Å². The molecule has 0 aromatic rings. The molecule has 140 valence electrons. The maximum Gasteiger partial charge on any atom is 0.304 e. The van der Waals surface area contributed by atoms with Crippen LogP contribution in [0.4, 0.5) is 0 Å². The van der Waals surface area contributed by atoms with E-state index in [0.29, 0.717) is 11.8 Å². The molecule has 1 fully saturated rings. The summed E-state index contributed by atoms with van der Waals surface area (Å²) in [5.41, 5.74) is 4.36. The van der Waals surface area contributed by atoms with Gasteiger partial charge in [-0.05, 0) is 12.5 Å². The zero-order chi connectivity index (χ0) is 18.8. The fourth-order valence-corrected chi connectivity index (χ4v) is 4.27. The van der Waals surface area contributed by atoms with Crippen LogP contribution in [0.1, 0.15) is 6.42 Å². The molecule has 2 heterocycles. The van der Waals surface area contributed by atoms with E-state index < -0.39 is 0 Å². The number of piperazine rings is 1. The fourth-order valence-electron chi connectivity index (χ4n) is 4.27. The topological polar surface area (TPSA) is 72.6 Å². The molecule has 0 saturated carbocycles. The number of hydrogen-bond acceptors (Lipinski definition) is 4. The molecule has 0 amide bonds. The monoisotopic (exact) mass is 363 g/mol. The van der Waals surface area contributed by atoms with Crippen molar-refractivity contribution >= 4 is 25.4 Å². The molecule has 3 atom stereocenters. The first-order valence-corrected chi connectivity index (χ1v) is 9.65. The lowest BCUT2D eigenvalue weighted by Gasteiger charge is -2.36. The molecule has 7 heteroatoms. The minimum absolute atomic E-state index is 0.0682. The van der Waals surface area contributed by atoms with Crippen molar-refractivity contribution in [3.05, 3.63) is 47.6 Å². The predicted molar refractivity (Wildman–Crippen MR) is 113 cm³/mol. The molecule has 1 saturated heterocycles. The Hall–Kier alpha value is -2.25. The molecule has 4 aliphatic rings. The highest BCUT2D eigenvalue weighted by Gasteiger charge is 2.39. The first-order valence-electron chi connectivity index (χ1n) is 9.65. The Morgan fingerprint density at radius 3 is 2.93 bits per heavy atom. The number of allylic oxidation sites excluding steroid dienone is 6. The van der Waals surface area contributed by atoms with Crippen molar-refractivity contribution in [3.63, 3.8) is 0 Å². The second kappa shape index (κ2) is 7.78. The summed E-state index contributed by atoms with van der Waals surface area (Å²) in [6, 6.07) is 0. The van der Waals surface area contributed by atoms with Crippen LogP contribution in [-0.2, 0) is 0 Å². The number of aliphatic imine (C=N–C) groups is 3. The Morgan fingerprint density at radius 2 is 2.22 bits per heavy atom. The zero-order valence-electron chi connectivity index (χ0n) is 15.8. The minimum atomic E-state index is 0.0682. The molecule has 0 aromatic heterocycles. The third kappa shape index (κ3) is 3.49. The number of nitrogens with zero attached hydrogens (tertiary/aromatic N) is 4. The van der Waals surface area contributed by atoms with Crippen LogP contribution in [-0.4, -0.2) is 68.5 Å². The Kier molecular flexibility index (Phi) is 5.23. The minimum Gasteiger partial charge on any atom is -0.449 e. The molecule has 2 aliphatic carbocycles. The number of guanidine groups is 1. The molecule has 2 aliphatic heterocycles. The summed E-state index contributed by atoms with van der Waals surface area (Å²) in [4.78, 5) is 16.2. The van der Waals surface area contributed by atoms with Gasteiger partial charge in [0.05, 0.1) is 5.71 Å². The van der Waals surface area contributed by atoms with E-state index in [-0.39, 0.29) is 13.4 Å². The summed E-state index contributed by atoms with van der Waals surface area (Å²) in [5.74, 6) is 1.56. The Balaban J connectivity index is 1.60. The van der Waals surface area contributed by atoms with Crippen molar-refractivity contribution in [2.45, 2.75) is 6.42 Å². The van der Waals surface area contributed by atoms with Crippen molar-refractivity contribution in [2.75, 3.05) is 33.2 Å². The molecule has 0 spiro atoms. The first kappa shape index (κ1) is 18.1. The van der Waals surface area contributed by atoms with Gasteiger partial charge >= 0.3 is 7.48 Å². The van der Waals surface area contributed by atoms with Gasteiger partial charge in [0.2, 0.25) is 5.96 Å². The van der Waals surface area contributed by atoms with Gasteiger partial charge in [0.1, 0.15) is 0 Å². The lowest BCUT2D eigenvalue weighted by molar-refractivity contribution is 0.354. The maximum absolute atomic E-state index is 9.57. The average Bonchev–Trinajstić information content (AvgIpc) is 2.85. The van der Waals surface area contributed by atoms with E-state index in [2.05, 4.69) is 40.0 Å². The van der Waals surface area contributed by atoms with Crippen molar-refractivity contribution in [2.24, 2.45) is 32.7 Å². The fraction of sp³-hybridized carbons (Fsp3) is 0.450. The van der Waals surface area contributed by atoms with Crippen LogP contribution < -0.4 is 5.32 Å². The van der Waals surface area contributed by atoms with Gasteiger partial charge in [-0.15, -0.1) is 0 Å². The lowest BCUT2D eigenvalue weighted by atomic mass is 9.65. The highest BCUT2D eigenvalue weighted by molar-refractivity contribution is 6.37. The third-order valence-electron chi connectivity index (χ3n) is 5.70. The Labute approximate surface area is 161 Å². The van der Waals surface area contributed by atoms with E-state index >= 15 is 0 Å². The molecular weight excluding hydrogens is 337 g/mol. The average molecular weight is 363 g/mol. The smallest absolute Gasteiger partial charge is 0.304 e. The highest BCUT2D eigenvalue weighted by Crippen LogP contribution is 2.47. The van der Waals surface area contributed by atoms with Crippen molar-refractivity contribution in [1.29, 1.82) is 0 Å². The molecule has 0 radical (unpaired) electrons. The summed E-state index contributed by atoms with van der Waals surface area (Å²) < 4.78 is 0. The standard InChI is InChI=1S/C20H26BN5O/c1-3-17(25-20(22-2)26-6-4-23-5-7-26)15-8-13-9-16(21-27)10-14-11-18(19(13)14)24-12-15/h3,9-12,14-15,19,21,23,27H,1,4-8H2,2H3/b22-20+,25-17+/t14?,15?,19-/m0/s1. The normalized spacial score (nSPS) is 30.4. The van der Waals surface area contributed by atoms with Gasteiger partial charge in [0.15, 0.2) is 0 Å². The van der Waals surface area contributed by atoms with Gasteiger partial charge in [-0.1, -0.05) is 35.9 Å². The second-order valence-electron chi connectivity index (χ2n) is 7.36. The summed E-state index contributed by atoms with van der Waals surface area (Å²) >= 11 is 0. The van der Waals surface area contributed by atoms with Crippen LogP contribution in [0.15, 0.2) is 62.6 Å². The molecule has 0 bridgehead atoms. The molecule has 4 rings (SSSR count). The third-order valence-corrected chi connectivity index (χ3v) is 5.70. The van der Waals surface area contributed by atoms with Gasteiger partial charge in [-0.2, -0.15) is 0 Å². The molecule has 2 N–H and O–H groups in total. The predicted octanol–water partition coefficient (Wildman–Crippen LogP) is 0.893. The van der Waals surface area contributed by atoms with E-state index in [4.69, 9.17) is 9.98 Å². The summed E-state index contributed by atoms with van der Waals surface area (Å²) in [7, 11) is 1.87. The molecule has 0 aromatic carbocycles. The van der Waals surface area contributed by atoms with Gasteiger partial charge in [0.25, 0.3) is 0 Å². The zero-order valence-corrected chi connectivity index (χ0v) is 15.8. The van der Waals surface area contributed by atoms with Gasteiger partial charge in [-0.3, -0.25) is 9.98 Å². The molecule has 6 nitrogen and oxygen atoms in total. The first-order chi connectivity index (χ1) is 13.2. The van der Waals surface area contributed by atoms with E-state index in [9.17, 15) is 5.02 Å². The largest absolute Gasteiger partial charge is 0.449 e.